The predicted octanol–water partition coefficient (Wildman–Crippen LogP) is 1.60. The zero-order valence-corrected chi connectivity index (χ0v) is 16.3. The molecule has 1 aromatic carbocycles. The lowest BCUT2D eigenvalue weighted by Gasteiger charge is -2.43. The van der Waals surface area contributed by atoms with E-state index in [1.54, 1.807) is 23.1 Å². The molecule has 2 aliphatic heterocycles. The monoisotopic (exact) mass is 389 g/mol. The van der Waals surface area contributed by atoms with Gasteiger partial charge in [0, 0.05) is 37.4 Å². The van der Waals surface area contributed by atoms with Gasteiger partial charge in [0.15, 0.2) is 0 Å². The fourth-order valence-electron chi connectivity index (χ4n) is 4.18. The molecular weight excluding hydrogens is 362 g/mol. The van der Waals surface area contributed by atoms with E-state index in [0.717, 1.165) is 5.56 Å². The average Bonchev–Trinajstić information content (AvgIpc) is 3.09. The normalized spacial score (nSPS) is 25.0. The second kappa shape index (κ2) is 7.79. The zero-order chi connectivity index (χ0) is 20.5. The van der Waals surface area contributed by atoms with Gasteiger partial charge in [0.25, 0.3) is 5.91 Å². The van der Waals surface area contributed by atoms with E-state index in [9.17, 15) is 24.6 Å². The molecule has 0 aromatic heterocycles. The van der Waals surface area contributed by atoms with Crippen molar-refractivity contribution in [1.82, 2.24) is 10.2 Å². The van der Waals surface area contributed by atoms with E-state index in [4.69, 9.17) is 0 Å². The highest BCUT2D eigenvalue weighted by Gasteiger charge is 2.49. The number of carboxylic acid groups (broad SMARTS) is 1. The van der Waals surface area contributed by atoms with Crippen LogP contribution in [0.25, 0.3) is 0 Å². The van der Waals surface area contributed by atoms with Crippen LogP contribution in [0.1, 0.15) is 42.1 Å². The topological polar surface area (TPSA) is 110 Å². The lowest BCUT2D eigenvalue weighted by Crippen LogP contribution is -2.57. The van der Waals surface area contributed by atoms with Crippen LogP contribution in [0, 0.1) is 12.3 Å². The lowest BCUT2D eigenvalue weighted by molar-refractivity contribution is -0.162. The van der Waals surface area contributed by atoms with E-state index in [-0.39, 0.29) is 24.9 Å². The predicted molar refractivity (Wildman–Crippen MR) is 103 cm³/mol. The summed E-state index contributed by atoms with van der Waals surface area (Å²) >= 11 is 0. The van der Waals surface area contributed by atoms with Gasteiger partial charge in [0.1, 0.15) is 5.41 Å². The second-order valence-corrected chi connectivity index (χ2v) is 7.63. The number of aliphatic hydroxyl groups excluding tert-OH is 1. The first-order valence-electron chi connectivity index (χ1n) is 9.67. The molecule has 0 bridgehead atoms. The molecule has 152 valence electrons. The molecule has 0 radical (unpaired) electrons. The fraction of sp³-hybridized carbons (Fsp3) is 0.550. The Morgan fingerprint density at radius 1 is 1.32 bits per heavy atom. The van der Waals surface area contributed by atoms with Gasteiger partial charge in [-0.3, -0.25) is 14.5 Å². The number of aryl methyl sites for hydroxylation is 1. The number of likely N-dealkylation sites (tertiary alicyclic amines) is 1. The summed E-state index contributed by atoms with van der Waals surface area (Å²) in [5, 5.41) is 22.9. The van der Waals surface area contributed by atoms with Crippen molar-refractivity contribution in [1.29, 1.82) is 0 Å². The first kappa shape index (κ1) is 20.1. The van der Waals surface area contributed by atoms with Crippen LogP contribution in [0.3, 0.4) is 0 Å². The molecule has 0 spiro atoms. The summed E-state index contributed by atoms with van der Waals surface area (Å²) in [4.78, 5) is 40.2. The molecule has 2 heterocycles. The Kier molecular flexibility index (Phi) is 5.60. The van der Waals surface area contributed by atoms with Crippen molar-refractivity contribution in [2.75, 3.05) is 31.1 Å². The largest absolute Gasteiger partial charge is 0.481 e. The molecule has 2 atom stereocenters. The number of aliphatic hydroxyl groups is 1. The van der Waals surface area contributed by atoms with Crippen molar-refractivity contribution in [3.8, 4) is 0 Å². The molecule has 2 saturated heterocycles. The minimum atomic E-state index is -1.34. The third kappa shape index (κ3) is 3.44. The van der Waals surface area contributed by atoms with Crippen molar-refractivity contribution in [3.63, 3.8) is 0 Å². The van der Waals surface area contributed by atoms with Gasteiger partial charge in [0.05, 0.1) is 6.10 Å². The summed E-state index contributed by atoms with van der Waals surface area (Å²) in [5.74, 6) is -1.35. The fourth-order valence-corrected chi connectivity index (χ4v) is 4.18. The van der Waals surface area contributed by atoms with Gasteiger partial charge in [-0.25, -0.2) is 4.79 Å². The smallest absolute Gasteiger partial charge is 0.322 e. The number of rotatable bonds is 5. The van der Waals surface area contributed by atoms with Gasteiger partial charge in [-0.05, 0) is 37.5 Å². The van der Waals surface area contributed by atoms with Crippen LogP contribution in [-0.4, -0.2) is 65.3 Å². The molecule has 0 unspecified atom stereocenters. The first-order chi connectivity index (χ1) is 13.3. The zero-order valence-electron chi connectivity index (χ0n) is 16.3. The van der Waals surface area contributed by atoms with Crippen LogP contribution in [-0.2, 0) is 4.79 Å². The molecular formula is C20H27N3O5. The quantitative estimate of drug-likeness (QED) is 0.709. The van der Waals surface area contributed by atoms with Crippen molar-refractivity contribution < 1.29 is 24.6 Å². The number of hydrogen-bond acceptors (Lipinski definition) is 4. The Hall–Kier alpha value is -2.61. The van der Waals surface area contributed by atoms with Crippen molar-refractivity contribution >= 4 is 23.6 Å². The molecule has 1 aromatic rings. The number of benzene rings is 1. The molecule has 3 amide bonds. The standard InChI is InChI=1S/C20H27N3O5/c1-3-7-20(18(26)27)12-22(9-6-16(20)24)17(25)14-5-4-13(2)15(11-14)23-10-8-21-19(23)28/h4-5,11,16,24H,3,6-10,12H2,1-2H3,(H,21,28)(H,26,27)/t16-,20+/m0/s1. The molecule has 2 aliphatic rings. The van der Waals surface area contributed by atoms with E-state index in [1.807, 2.05) is 13.8 Å². The number of piperidine rings is 1. The Balaban J connectivity index is 1.87. The van der Waals surface area contributed by atoms with E-state index >= 15 is 0 Å². The maximum absolute atomic E-state index is 13.1. The summed E-state index contributed by atoms with van der Waals surface area (Å²) in [7, 11) is 0. The minimum Gasteiger partial charge on any atom is -0.481 e. The summed E-state index contributed by atoms with van der Waals surface area (Å²) in [6.45, 7) is 5.11. The summed E-state index contributed by atoms with van der Waals surface area (Å²) in [5.41, 5.74) is 0.627. The first-order valence-corrected chi connectivity index (χ1v) is 9.67. The molecule has 3 rings (SSSR count). The Bertz CT molecular complexity index is 796. The van der Waals surface area contributed by atoms with Crippen LogP contribution in [0.2, 0.25) is 0 Å². The van der Waals surface area contributed by atoms with Gasteiger partial charge in [0.2, 0.25) is 0 Å². The highest BCUT2D eigenvalue weighted by atomic mass is 16.4. The Labute approximate surface area is 164 Å². The average molecular weight is 389 g/mol. The Morgan fingerprint density at radius 3 is 2.68 bits per heavy atom. The van der Waals surface area contributed by atoms with Gasteiger partial charge < -0.3 is 20.4 Å². The number of nitrogens with zero attached hydrogens (tertiary/aromatic N) is 2. The maximum Gasteiger partial charge on any atom is 0.322 e. The third-order valence-corrected chi connectivity index (χ3v) is 5.80. The minimum absolute atomic E-state index is 0.0242. The molecule has 8 nitrogen and oxygen atoms in total. The number of aliphatic carboxylic acids is 1. The highest BCUT2D eigenvalue weighted by molar-refractivity contribution is 5.99. The molecule has 28 heavy (non-hydrogen) atoms. The van der Waals surface area contributed by atoms with Crippen molar-refractivity contribution in [3.05, 3.63) is 29.3 Å². The third-order valence-electron chi connectivity index (χ3n) is 5.80. The van der Waals surface area contributed by atoms with Crippen molar-refractivity contribution in [2.45, 2.75) is 39.2 Å². The summed E-state index contributed by atoms with van der Waals surface area (Å²) in [6, 6.07) is 4.99. The molecule has 8 heteroatoms. The van der Waals surface area contributed by atoms with Crippen molar-refractivity contribution in [2.24, 2.45) is 5.41 Å². The second-order valence-electron chi connectivity index (χ2n) is 7.63. The van der Waals surface area contributed by atoms with E-state index in [1.165, 1.54) is 4.90 Å². The van der Waals surface area contributed by atoms with Crippen LogP contribution in [0.4, 0.5) is 10.5 Å². The molecule has 3 N–H and O–H groups in total. The lowest BCUT2D eigenvalue weighted by atomic mass is 9.74. The molecule has 0 saturated carbocycles. The van der Waals surface area contributed by atoms with Crippen LogP contribution in [0.5, 0.6) is 0 Å². The summed E-state index contributed by atoms with van der Waals surface area (Å²) < 4.78 is 0. The molecule has 2 fully saturated rings. The van der Waals surface area contributed by atoms with Gasteiger partial charge in [-0.15, -0.1) is 0 Å². The van der Waals surface area contributed by atoms with E-state index < -0.39 is 17.5 Å². The summed E-state index contributed by atoms with van der Waals surface area (Å²) in [6.07, 6.45) is 0.159. The number of nitrogens with one attached hydrogen (secondary N) is 1. The number of carboxylic acids is 1. The maximum atomic E-state index is 13.1. The number of hydrogen-bond donors (Lipinski definition) is 3. The number of carbonyl (C=O) groups is 3. The Morgan fingerprint density at radius 2 is 2.07 bits per heavy atom. The SMILES string of the molecule is CCC[C@@]1(C(=O)O)CN(C(=O)c2ccc(C)c(N3CCNC3=O)c2)CC[C@@H]1O. The number of carbonyl (C=O) groups excluding carboxylic acids is 2. The number of anilines is 1. The number of amides is 3. The van der Waals surface area contributed by atoms with Gasteiger partial charge in [-0.1, -0.05) is 19.4 Å². The highest BCUT2D eigenvalue weighted by Crippen LogP contribution is 2.36. The van der Waals surface area contributed by atoms with E-state index in [0.29, 0.717) is 43.7 Å². The van der Waals surface area contributed by atoms with Crippen LogP contribution >= 0.6 is 0 Å². The van der Waals surface area contributed by atoms with Crippen LogP contribution < -0.4 is 10.2 Å². The van der Waals surface area contributed by atoms with E-state index in [2.05, 4.69) is 5.32 Å². The van der Waals surface area contributed by atoms with Gasteiger partial charge >= 0.3 is 12.0 Å². The number of urea groups is 1. The van der Waals surface area contributed by atoms with Crippen LogP contribution in [0.15, 0.2) is 18.2 Å². The van der Waals surface area contributed by atoms with Gasteiger partial charge in [-0.2, -0.15) is 0 Å². The molecule has 0 aliphatic carbocycles.